The molecule has 0 spiro atoms. The van der Waals surface area contributed by atoms with E-state index in [1.165, 1.54) is 27.5 Å². The largest absolute Gasteiger partial charge is 0.353 e. The molecular formula is C15H16N2. The second-order valence-corrected chi connectivity index (χ2v) is 4.95. The van der Waals surface area contributed by atoms with Crippen molar-refractivity contribution in [3.63, 3.8) is 0 Å². The average molecular weight is 224 g/mol. The van der Waals surface area contributed by atoms with E-state index in [9.17, 15) is 0 Å². The fourth-order valence-corrected chi connectivity index (χ4v) is 2.37. The van der Waals surface area contributed by atoms with E-state index in [1.54, 1.807) is 0 Å². The van der Waals surface area contributed by atoms with Gasteiger partial charge in [-0.05, 0) is 24.5 Å². The molecule has 0 fully saturated rings. The molecule has 1 N–H and O–H groups in total. The zero-order valence-corrected chi connectivity index (χ0v) is 10.2. The van der Waals surface area contributed by atoms with Gasteiger partial charge >= 0.3 is 0 Å². The van der Waals surface area contributed by atoms with Gasteiger partial charge in [0.2, 0.25) is 0 Å². The maximum Gasteiger partial charge on any atom is 0.0684 e. The lowest BCUT2D eigenvalue weighted by Gasteiger charge is -2.04. The average Bonchev–Trinajstić information content (AvgIpc) is 2.68. The molecule has 1 aromatic carbocycles. The number of benzene rings is 1. The predicted molar refractivity (Wildman–Crippen MR) is 72.1 cm³/mol. The number of rotatable bonds is 2. The summed E-state index contributed by atoms with van der Waals surface area (Å²) < 4.78 is 0. The lowest BCUT2D eigenvalue weighted by Crippen LogP contribution is -1.97. The summed E-state index contributed by atoms with van der Waals surface area (Å²) >= 11 is 0. The zero-order chi connectivity index (χ0) is 11.8. The topological polar surface area (TPSA) is 28.7 Å². The summed E-state index contributed by atoms with van der Waals surface area (Å²) in [6.07, 6.45) is 2.94. The fraction of sp³-hybridized carbons (Fsp3) is 0.267. The molecule has 86 valence electrons. The second kappa shape index (κ2) is 3.88. The minimum atomic E-state index is 0.625. The minimum absolute atomic E-state index is 0.625. The molecule has 2 heteroatoms. The third kappa shape index (κ3) is 1.70. The molecule has 0 bridgehead atoms. The van der Waals surface area contributed by atoms with Gasteiger partial charge in [-0.2, -0.15) is 0 Å². The van der Waals surface area contributed by atoms with Crippen LogP contribution >= 0.6 is 0 Å². The monoisotopic (exact) mass is 224 g/mol. The molecule has 2 nitrogen and oxygen atoms in total. The molecule has 17 heavy (non-hydrogen) atoms. The highest BCUT2D eigenvalue weighted by Gasteiger charge is 2.09. The van der Waals surface area contributed by atoms with E-state index < -0.39 is 0 Å². The van der Waals surface area contributed by atoms with Gasteiger partial charge in [-0.15, -0.1) is 0 Å². The first-order chi connectivity index (χ1) is 8.25. The summed E-state index contributed by atoms with van der Waals surface area (Å²) in [6, 6.07) is 10.5. The number of hydrogen-bond acceptors (Lipinski definition) is 1. The van der Waals surface area contributed by atoms with Crippen LogP contribution in [-0.4, -0.2) is 9.97 Å². The highest BCUT2D eigenvalue weighted by atomic mass is 14.8. The maximum absolute atomic E-state index is 4.51. The van der Waals surface area contributed by atoms with Crippen molar-refractivity contribution in [2.45, 2.75) is 20.3 Å². The lowest BCUT2D eigenvalue weighted by molar-refractivity contribution is 0.638. The molecule has 0 aliphatic rings. The summed E-state index contributed by atoms with van der Waals surface area (Å²) in [7, 11) is 0. The highest BCUT2D eigenvalue weighted by Crippen LogP contribution is 2.27. The van der Waals surface area contributed by atoms with Crippen LogP contribution in [0.1, 0.15) is 19.5 Å². The molecular weight excluding hydrogens is 208 g/mol. The maximum atomic E-state index is 4.51. The first-order valence-electron chi connectivity index (χ1n) is 6.10. The Bertz CT molecular complexity index is 665. The van der Waals surface area contributed by atoms with Gasteiger partial charge in [0.05, 0.1) is 11.2 Å². The molecule has 0 aliphatic heterocycles. The molecule has 0 saturated heterocycles. The van der Waals surface area contributed by atoms with Crippen LogP contribution in [0.2, 0.25) is 0 Å². The number of fused-ring (bicyclic) bond motifs is 3. The van der Waals surface area contributed by atoms with Crippen LogP contribution in [0.3, 0.4) is 0 Å². The molecule has 3 aromatic rings. The Kier molecular flexibility index (Phi) is 2.36. The van der Waals surface area contributed by atoms with Gasteiger partial charge in [0, 0.05) is 22.5 Å². The SMILES string of the molecule is CC(C)Cc1nccc2c1[nH]c1ccccc12. The van der Waals surface area contributed by atoms with Crippen molar-refractivity contribution in [3.8, 4) is 0 Å². The van der Waals surface area contributed by atoms with Crippen molar-refractivity contribution >= 4 is 21.8 Å². The van der Waals surface area contributed by atoms with Crippen LogP contribution < -0.4 is 0 Å². The fourth-order valence-electron chi connectivity index (χ4n) is 2.37. The van der Waals surface area contributed by atoms with E-state index in [4.69, 9.17) is 0 Å². The van der Waals surface area contributed by atoms with Crippen LogP contribution in [0.25, 0.3) is 21.8 Å². The Morgan fingerprint density at radius 3 is 2.76 bits per heavy atom. The summed E-state index contributed by atoms with van der Waals surface area (Å²) in [6.45, 7) is 4.45. The Morgan fingerprint density at radius 1 is 1.12 bits per heavy atom. The van der Waals surface area contributed by atoms with Crippen molar-refractivity contribution < 1.29 is 0 Å². The normalized spacial score (nSPS) is 11.7. The van der Waals surface area contributed by atoms with E-state index in [1.807, 2.05) is 6.20 Å². The lowest BCUT2D eigenvalue weighted by atomic mass is 10.1. The predicted octanol–water partition coefficient (Wildman–Crippen LogP) is 3.91. The van der Waals surface area contributed by atoms with Crippen LogP contribution in [0.15, 0.2) is 36.5 Å². The highest BCUT2D eigenvalue weighted by molar-refractivity contribution is 6.07. The number of aromatic nitrogens is 2. The first kappa shape index (κ1) is 10.3. The van der Waals surface area contributed by atoms with Crippen molar-refractivity contribution in [1.29, 1.82) is 0 Å². The molecule has 0 amide bonds. The van der Waals surface area contributed by atoms with E-state index >= 15 is 0 Å². The Balaban J connectivity index is 2.31. The van der Waals surface area contributed by atoms with Crippen molar-refractivity contribution in [2.75, 3.05) is 0 Å². The third-order valence-corrected chi connectivity index (χ3v) is 3.11. The number of aromatic amines is 1. The Labute approximate surface area is 101 Å². The molecule has 0 aliphatic carbocycles. The molecule has 0 atom stereocenters. The quantitative estimate of drug-likeness (QED) is 0.702. The van der Waals surface area contributed by atoms with Gasteiger partial charge in [-0.25, -0.2) is 0 Å². The molecule has 0 saturated carbocycles. The number of hydrogen-bond donors (Lipinski definition) is 1. The first-order valence-corrected chi connectivity index (χ1v) is 6.10. The molecule has 0 radical (unpaired) electrons. The molecule has 3 rings (SSSR count). The summed E-state index contributed by atoms with van der Waals surface area (Å²) in [5.74, 6) is 0.625. The van der Waals surface area contributed by atoms with E-state index in [-0.39, 0.29) is 0 Å². The van der Waals surface area contributed by atoms with Gasteiger partial charge in [0.25, 0.3) is 0 Å². The van der Waals surface area contributed by atoms with Crippen LogP contribution in [0, 0.1) is 5.92 Å². The number of H-pyrrole nitrogens is 1. The molecule has 2 aromatic heterocycles. The van der Waals surface area contributed by atoms with Gasteiger partial charge in [0.1, 0.15) is 0 Å². The smallest absolute Gasteiger partial charge is 0.0684 e. The van der Waals surface area contributed by atoms with Crippen LogP contribution in [0.5, 0.6) is 0 Å². The van der Waals surface area contributed by atoms with Gasteiger partial charge in [-0.1, -0.05) is 32.0 Å². The van der Waals surface area contributed by atoms with E-state index in [0.717, 1.165) is 6.42 Å². The second-order valence-electron chi connectivity index (χ2n) is 4.95. The number of pyridine rings is 1. The third-order valence-electron chi connectivity index (χ3n) is 3.11. The zero-order valence-electron chi connectivity index (χ0n) is 10.2. The summed E-state index contributed by atoms with van der Waals surface area (Å²) in [5.41, 5.74) is 3.57. The Morgan fingerprint density at radius 2 is 1.94 bits per heavy atom. The number of para-hydroxylation sites is 1. The standard InChI is InChI=1S/C15H16N2/c1-10(2)9-14-15-12(7-8-16-14)11-5-3-4-6-13(11)17-15/h3-8,10,17H,9H2,1-2H3. The van der Waals surface area contributed by atoms with Crippen LogP contribution in [0.4, 0.5) is 0 Å². The van der Waals surface area contributed by atoms with Crippen molar-refractivity contribution in [3.05, 3.63) is 42.2 Å². The Hall–Kier alpha value is -1.83. The number of nitrogens with one attached hydrogen (secondary N) is 1. The van der Waals surface area contributed by atoms with E-state index in [0.29, 0.717) is 5.92 Å². The van der Waals surface area contributed by atoms with Gasteiger partial charge in [0.15, 0.2) is 0 Å². The summed E-state index contributed by atoms with van der Waals surface area (Å²) in [5, 5.41) is 2.57. The van der Waals surface area contributed by atoms with Crippen molar-refractivity contribution in [2.24, 2.45) is 5.92 Å². The summed E-state index contributed by atoms with van der Waals surface area (Å²) in [4.78, 5) is 8.00. The van der Waals surface area contributed by atoms with E-state index in [2.05, 4.69) is 54.1 Å². The van der Waals surface area contributed by atoms with Gasteiger partial charge < -0.3 is 4.98 Å². The van der Waals surface area contributed by atoms with Gasteiger partial charge in [-0.3, -0.25) is 4.98 Å². The minimum Gasteiger partial charge on any atom is -0.353 e. The molecule has 2 heterocycles. The number of nitrogens with zero attached hydrogens (tertiary/aromatic N) is 1. The molecule has 0 unspecified atom stereocenters. The van der Waals surface area contributed by atoms with Crippen LogP contribution in [-0.2, 0) is 6.42 Å². The van der Waals surface area contributed by atoms with Crippen molar-refractivity contribution in [1.82, 2.24) is 9.97 Å².